The Morgan fingerprint density at radius 3 is 2.67 bits per heavy atom. The largest absolute Gasteiger partial charge is 0.497 e. The summed E-state index contributed by atoms with van der Waals surface area (Å²) >= 11 is 0. The van der Waals surface area contributed by atoms with Crippen molar-refractivity contribution in [3.63, 3.8) is 0 Å². The third-order valence-corrected chi connectivity index (χ3v) is 8.41. The first-order valence-electron chi connectivity index (χ1n) is 13.0. The fourth-order valence-electron chi connectivity index (χ4n) is 4.68. The molecule has 0 radical (unpaired) electrons. The number of carbonyl (C=O) groups is 3. The van der Waals surface area contributed by atoms with E-state index >= 15 is 0 Å². The van der Waals surface area contributed by atoms with Gasteiger partial charge in [0.15, 0.2) is 11.5 Å². The van der Waals surface area contributed by atoms with Gasteiger partial charge in [0.2, 0.25) is 0 Å². The van der Waals surface area contributed by atoms with Gasteiger partial charge in [-0.1, -0.05) is 19.9 Å². The van der Waals surface area contributed by atoms with E-state index in [-0.39, 0.29) is 31.1 Å². The maximum atomic E-state index is 14.1. The van der Waals surface area contributed by atoms with E-state index in [0.717, 1.165) is 18.2 Å². The predicted octanol–water partition coefficient (Wildman–Crippen LogP) is 3.26. The fraction of sp³-hybridized carbons (Fsp3) is 0.393. The van der Waals surface area contributed by atoms with Crippen LogP contribution in [0, 0.1) is 11.7 Å². The molecule has 0 saturated carbocycles. The number of hydrogen-bond acceptors (Lipinski definition) is 8. The maximum absolute atomic E-state index is 14.1. The second-order valence-electron chi connectivity index (χ2n) is 10.1. The molecule has 1 unspecified atom stereocenters. The van der Waals surface area contributed by atoms with Crippen LogP contribution >= 0.6 is 0 Å². The van der Waals surface area contributed by atoms with Gasteiger partial charge in [-0.3, -0.25) is 14.4 Å². The van der Waals surface area contributed by atoms with Crippen LogP contribution in [0.3, 0.4) is 0 Å². The number of rotatable bonds is 9. The number of sulfonamides is 1. The van der Waals surface area contributed by atoms with Crippen LogP contribution in [0.5, 0.6) is 5.75 Å². The molecule has 2 amide bonds. The quantitative estimate of drug-likeness (QED) is 0.398. The zero-order valence-corrected chi connectivity index (χ0v) is 23.3. The van der Waals surface area contributed by atoms with Crippen molar-refractivity contribution in [1.29, 1.82) is 0 Å². The van der Waals surface area contributed by atoms with Crippen molar-refractivity contribution in [2.75, 3.05) is 20.2 Å². The number of ketones is 1. The van der Waals surface area contributed by atoms with E-state index in [1.807, 2.05) is 13.8 Å². The Balaban J connectivity index is 1.72. The van der Waals surface area contributed by atoms with Gasteiger partial charge < -0.3 is 19.8 Å². The number of halogens is 1. The zero-order chi connectivity index (χ0) is 29.0. The second-order valence-corrected chi connectivity index (χ2v) is 11.9. The molecular formula is C28H32FN3O7S. The van der Waals surface area contributed by atoms with Crippen LogP contribution in [-0.2, 0) is 19.6 Å². The van der Waals surface area contributed by atoms with Crippen molar-refractivity contribution >= 4 is 38.6 Å². The molecule has 1 aliphatic heterocycles. The zero-order valence-electron chi connectivity index (χ0n) is 22.5. The summed E-state index contributed by atoms with van der Waals surface area (Å²) in [7, 11) is -3.16. The van der Waals surface area contributed by atoms with Crippen LogP contribution in [-0.4, -0.2) is 62.6 Å². The number of Topliss-reactive ketones (excluding diaryl/α,β-unsaturated/α-hetero) is 1. The second kappa shape index (κ2) is 12.2. The SMILES string of the molecule is COc1ccc2oc(C(=O)N[C@@H](CC(C)C)C(=O)N(C3CCCNCC3=O)S(=O)(=O)c3cccc(F)c3)cc2c1. The van der Waals surface area contributed by atoms with Crippen LogP contribution in [0.1, 0.15) is 43.7 Å². The number of ether oxygens (including phenoxy) is 1. The highest BCUT2D eigenvalue weighted by molar-refractivity contribution is 7.89. The number of nitrogens with zero attached hydrogens (tertiary/aromatic N) is 1. The minimum Gasteiger partial charge on any atom is -0.497 e. The number of nitrogens with one attached hydrogen (secondary N) is 2. The average Bonchev–Trinajstić information content (AvgIpc) is 3.23. The van der Waals surface area contributed by atoms with Gasteiger partial charge in [-0.15, -0.1) is 0 Å². The number of hydrogen-bond donors (Lipinski definition) is 2. The van der Waals surface area contributed by atoms with E-state index in [1.165, 1.54) is 19.2 Å². The Morgan fingerprint density at radius 2 is 1.98 bits per heavy atom. The highest BCUT2D eigenvalue weighted by Gasteiger charge is 2.43. The summed E-state index contributed by atoms with van der Waals surface area (Å²) in [5.41, 5.74) is 0.421. The van der Waals surface area contributed by atoms with Gasteiger partial charge in [-0.2, -0.15) is 0 Å². The normalized spacial score (nSPS) is 16.9. The molecule has 1 saturated heterocycles. The highest BCUT2D eigenvalue weighted by Crippen LogP contribution is 2.27. The molecule has 0 bridgehead atoms. The molecule has 2 atom stereocenters. The van der Waals surface area contributed by atoms with Gasteiger partial charge in [-0.25, -0.2) is 17.1 Å². The third kappa shape index (κ3) is 6.34. The van der Waals surface area contributed by atoms with Crippen molar-refractivity contribution < 1.29 is 36.3 Å². The summed E-state index contributed by atoms with van der Waals surface area (Å²) < 4.78 is 53.1. The molecule has 3 aromatic rings. The lowest BCUT2D eigenvalue weighted by Crippen LogP contribution is -2.56. The average molecular weight is 574 g/mol. The molecule has 214 valence electrons. The van der Waals surface area contributed by atoms with Gasteiger partial charge >= 0.3 is 0 Å². The molecule has 2 heterocycles. The number of carbonyl (C=O) groups excluding carboxylic acids is 3. The summed E-state index contributed by atoms with van der Waals surface area (Å²) in [5.74, 6) is -2.68. The number of furan rings is 1. The summed E-state index contributed by atoms with van der Waals surface area (Å²) in [4.78, 5) is 39.9. The van der Waals surface area contributed by atoms with Gasteiger partial charge in [0.05, 0.1) is 18.6 Å². The monoisotopic (exact) mass is 573 g/mol. The highest BCUT2D eigenvalue weighted by atomic mass is 32.2. The van der Waals surface area contributed by atoms with Gasteiger partial charge in [0.1, 0.15) is 29.2 Å². The van der Waals surface area contributed by atoms with Crippen LogP contribution in [0.15, 0.2) is 57.8 Å². The van der Waals surface area contributed by atoms with Gasteiger partial charge in [0.25, 0.3) is 21.8 Å². The van der Waals surface area contributed by atoms with Crippen LogP contribution in [0.4, 0.5) is 4.39 Å². The summed E-state index contributed by atoms with van der Waals surface area (Å²) in [6.45, 7) is 3.96. The molecular weight excluding hydrogens is 541 g/mol. The molecule has 2 aromatic carbocycles. The molecule has 0 aliphatic carbocycles. The summed E-state index contributed by atoms with van der Waals surface area (Å²) in [6.07, 6.45) is 0.593. The lowest BCUT2D eigenvalue weighted by atomic mass is 10.0. The Hall–Kier alpha value is -3.77. The molecule has 4 rings (SSSR count). The van der Waals surface area contributed by atoms with E-state index in [0.29, 0.717) is 34.0 Å². The van der Waals surface area contributed by atoms with E-state index < -0.39 is 50.4 Å². The molecule has 10 nitrogen and oxygen atoms in total. The van der Waals surface area contributed by atoms with E-state index in [4.69, 9.17) is 9.15 Å². The molecule has 40 heavy (non-hydrogen) atoms. The summed E-state index contributed by atoms with van der Waals surface area (Å²) in [5, 5.41) is 6.14. The predicted molar refractivity (Wildman–Crippen MR) is 145 cm³/mol. The van der Waals surface area contributed by atoms with E-state index in [1.54, 1.807) is 18.2 Å². The minimum absolute atomic E-state index is 0.0763. The summed E-state index contributed by atoms with van der Waals surface area (Å²) in [6, 6.07) is 8.11. The van der Waals surface area contributed by atoms with Crippen molar-refractivity contribution in [1.82, 2.24) is 14.9 Å². The van der Waals surface area contributed by atoms with E-state index in [2.05, 4.69) is 10.6 Å². The van der Waals surface area contributed by atoms with Crippen molar-refractivity contribution in [2.45, 2.75) is 50.1 Å². The first kappa shape index (κ1) is 29.2. The molecule has 1 aromatic heterocycles. The number of amides is 2. The van der Waals surface area contributed by atoms with E-state index in [9.17, 15) is 27.2 Å². The Morgan fingerprint density at radius 1 is 1.20 bits per heavy atom. The minimum atomic E-state index is -4.67. The Bertz CT molecular complexity index is 1520. The lowest BCUT2D eigenvalue weighted by Gasteiger charge is -2.33. The topological polar surface area (TPSA) is 135 Å². The first-order valence-corrected chi connectivity index (χ1v) is 14.4. The maximum Gasteiger partial charge on any atom is 0.287 e. The fourth-order valence-corrected chi connectivity index (χ4v) is 6.34. The first-order chi connectivity index (χ1) is 19.0. The molecule has 1 aliphatic rings. The van der Waals surface area contributed by atoms with Crippen LogP contribution < -0.4 is 15.4 Å². The third-order valence-electron chi connectivity index (χ3n) is 6.61. The van der Waals surface area contributed by atoms with Gasteiger partial charge in [0, 0.05) is 5.39 Å². The Kier molecular flexibility index (Phi) is 8.89. The number of methoxy groups -OCH3 is 1. The lowest BCUT2D eigenvalue weighted by molar-refractivity contribution is -0.135. The van der Waals surface area contributed by atoms with Crippen LogP contribution in [0.25, 0.3) is 11.0 Å². The Labute approximate surface area is 231 Å². The number of benzene rings is 2. The van der Waals surface area contributed by atoms with Crippen LogP contribution in [0.2, 0.25) is 0 Å². The molecule has 1 fully saturated rings. The molecule has 2 N–H and O–H groups in total. The van der Waals surface area contributed by atoms with Crippen molar-refractivity contribution in [3.8, 4) is 5.75 Å². The van der Waals surface area contributed by atoms with Crippen molar-refractivity contribution in [2.24, 2.45) is 5.92 Å². The molecule has 12 heteroatoms. The van der Waals surface area contributed by atoms with Crippen molar-refractivity contribution in [3.05, 3.63) is 60.1 Å². The molecule has 0 spiro atoms. The number of fused-ring (bicyclic) bond motifs is 1. The standard InChI is InChI=1S/C28H32FN3O7S/c1-17(2)12-22(31-27(34)26-14-18-13-20(38-3)9-10-25(18)39-26)28(35)32(23-8-5-11-30-16-24(23)33)40(36,37)21-7-4-6-19(29)15-21/h4,6-7,9-10,13-15,17,22-23,30H,5,8,11-12,16H2,1-3H3,(H,31,34)/t22-,23?/m0/s1. The smallest absolute Gasteiger partial charge is 0.287 e. The van der Waals surface area contributed by atoms with Gasteiger partial charge in [-0.05, 0) is 74.2 Å².